The standard InChI is InChI=1S/C18H26N4O2/c19-17(23)16-5-2-10-22(16)12-13-3-1-4-15(11-13)21-18(24)14-6-8-20-9-7-14/h1,3-4,11,14,16,20H,2,5-10,12H2,(H2,19,23)(H,21,24). The van der Waals surface area contributed by atoms with Crippen LogP contribution in [-0.4, -0.2) is 42.4 Å². The van der Waals surface area contributed by atoms with Crippen LogP contribution in [0, 0.1) is 5.92 Å². The minimum atomic E-state index is -0.247. The van der Waals surface area contributed by atoms with E-state index in [4.69, 9.17) is 5.73 Å². The van der Waals surface area contributed by atoms with Gasteiger partial charge in [0.05, 0.1) is 6.04 Å². The molecule has 2 saturated heterocycles. The summed E-state index contributed by atoms with van der Waals surface area (Å²) in [6.45, 7) is 3.38. The van der Waals surface area contributed by atoms with Crippen LogP contribution < -0.4 is 16.4 Å². The first kappa shape index (κ1) is 16.9. The maximum Gasteiger partial charge on any atom is 0.234 e. The van der Waals surface area contributed by atoms with Gasteiger partial charge in [0.1, 0.15) is 0 Å². The van der Waals surface area contributed by atoms with Crippen LogP contribution in [0.15, 0.2) is 24.3 Å². The van der Waals surface area contributed by atoms with Crippen LogP contribution in [0.1, 0.15) is 31.2 Å². The number of likely N-dealkylation sites (tertiary alicyclic amines) is 1. The normalized spacial score (nSPS) is 22.4. The van der Waals surface area contributed by atoms with Gasteiger partial charge < -0.3 is 16.4 Å². The van der Waals surface area contributed by atoms with Crippen molar-refractivity contribution in [1.82, 2.24) is 10.2 Å². The zero-order valence-corrected chi connectivity index (χ0v) is 14.0. The molecular weight excluding hydrogens is 304 g/mol. The number of nitrogens with zero attached hydrogens (tertiary/aromatic N) is 1. The predicted molar refractivity (Wildman–Crippen MR) is 93.3 cm³/mol. The topological polar surface area (TPSA) is 87.5 Å². The molecule has 2 fully saturated rings. The molecule has 24 heavy (non-hydrogen) atoms. The van der Waals surface area contributed by atoms with Crippen molar-refractivity contribution in [2.75, 3.05) is 25.0 Å². The van der Waals surface area contributed by atoms with Gasteiger partial charge in [-0.15, -0.1) is 0 Å². The van der Waals surface area contributed by atoms with E-state index in [1.807, 2.05) is 24.3 Å². The molecule has 0 aliphatic carbocycles. The molecule has 2 heterocycles. The molecule has 0 radical (unpaired) electrons. The number of nitrogens with one attached hydrogen (secondary N) is 2. The van der Waals surface area contributed by atoms with Gasteiger partial charge in [-0.3, -0.25) is 14.5 Å². The summed E-state index contributed by atoms with van der Waals surface area (Å²) in [7, 11) is 0. The fraction of sp³-hybridized carbons (Fsp3) is 0.556. The van der Waals surface area contributed by atoms with Gasteiger partial charge >= 0.3 is 0 Å². The molecule has 130 valence electrons. The second-order valence-electron chi connectivity index (χ2n) is 6.74. The predicted octanol–water partition coefficient (Wildman–Crippen LogP) is 1.07. The molecule has 0 bridgehead atoms. The number of piperidine rings is 1. The zero-order chi connectivity index (χ0) is 16.9. The summed E-state index contributed by atoms with van der Waals surface area (Å²) in [4.78, 5) is 26.0. The Morgan fingerprint density at radius 1 is 1.25 bits per heavy atom. The van der Waals surface area contributed by atoms with Crippen molar-refractivity contribution >= 4 is 17.5 Å². The van der Waals surface area contributed by atoms with Gasteiger partial charge in [0, 0.05) is 18.2 Å². The minimum Gasteiger partial charge on any atom is -0.368 e. The van der Waals surface area contributed by atoms with E-state index in [1.54, 1.807) is 0 Å². The Balaban J connectivity index is 1.61. The highest BCUT2D eigenvalue weighted by Crippen LogP contribution is 2.22. The molecule has 3 rings (SSSR count). The Labute approximate surface area is 142 Å². The number of hydrogen-bond acceptors (Lipinski definition) is 4. The van der Waals surface area contributed by atoms with Crippen molar-refractivity contribution in [3.8, 4) is 0 Å². The average Bonchev–Trinajstić information content (AvgIpc) is 3.04. The van der Waals surface area contributed by atoms with Gasteiger partial charge in [0.2, 0.25) is 11.8 Å². The number of carbonyl (C=O) groups excluding carboxylic acids is 2. The van der Waals surface area contributed by atoms with E-state index in [9.17, 15) is 9.59 Å². The lowest BCUT2D eigenvalue weighted by Gasteiger charge is -2.23. The zero-order valence-electron chi connectivity index (χ0n) is 14.0. The summed E-state index contributed by atoms with van der Waals surface area (Å²) in [5.41, 5.74) is 7.39. The number of anilines is 1. The lowest BCUT2D eigenvalue weighted by Crippen LogP contribution is -2.39. The number of benzene rings is 1. The summed E-state index contributed by atoms with van der Waals surface area (Å²) >= 11 is 0. The average molecular weight is 330 g/mol. The smallest absolute Gasteiger partial charge is 0.234 e. The molecule has 4 N–H and O–H groups in total. The van der Waals surface area contributed by atoms with Gasteiger partial charge in [-0.2, -0.15) is 0 Å². The van der Waals surface area contributed by atoms with E-state index in [0.717, 1.165) is 56.6 Å². The van der Waals surface area contributed by atoms with E-state index in [-0.39, 0.29) is 23.8 Å². The lowest BCUT2D eigenvalue weighted by atomic mass is 9.97. The highest BCUT2D eigenvalue weighted by atomic mass is 16.2. The number of hydrogen-bond donors (Lipinski definition) is 3. The molecule has 2 aliphatic rings. The number of amides is 2. The summed E-state index contributed by atoms with van der Waals surface area (Å²) in [5.74, 6) is -0.0552. The second kappa shape index (κ2) is 7.77. The van der Waals surface area contributed by atoms with Crippen molar-refractivity contribution in [2.45, 2.75) is 38.3 Å². The molecule has 1 atom stereocenters. The van der Waals surface area contributed by atoms with Crippen molar-refractivity contribution in [1.29, 1.82) is 0 Å². The van der Waals surface area contributed by atoms with E-state index in [2.05, 4.69) is 15.5 Å². The minimum absolute atomic E-state index is 0.0905. The molecule has 1 aromatic carbocycles. The first-order valence-electron chi connectivity index (χ1n) is 8.77. The fourth-order valence-corrected chi connectivity index (χ4v) is 3.65. The van der Waals surface area contributed by atoms with E-state index in [1.165, 1.54) is 0 Å². The maximum atomic E-state index is 12.4. The molecular formula is C18H26N4O2. The molecule has 2 amide bonds. The molecule has 0 aromatic heterocycles. The third-order valence-electron chi connectivity index (χ3n) is 4.98. The molecule has 0 spiro atoms. The number of rotatable bonds is 5. The quantitative estimate of drug-likeness (QED) is 0.754. The monoisotopic (exact) mass is 330 g/mol. The third kappa shape index (κ3) is 4.13. The maximum absolute atomic E-state index is 12.4. The fourth-order valence-electron chi connectivity index (χ4n) is 3.65. The van der Waals surface area contributed by atoms with Crippen LogP contribution in [-0.2, 0) is 16.1 Å². The van der Waals surface area contributed by atoms with Gasteiger partial charge in [0.25, 0.3) is 0 Å². The Morgan fingerprint density at radius 3 is 2.79 bits per heavy atom. The summed E-state index contributed by atoms with van der Waals surface area (Å²) in [6.07, 6.45) is 3.61. The largest absolute Gasteiger partial charge is 0.368 e. The third-order valence-corrected chi connectivity index (χ3v) is 4.98. The van der Waals surface area contributed by atoms with Crippen molar-refractivity contribution in [3.05, 3.63) is 29.8 Å². The Morgan fingerprint density at radius 2 is 2.04 bits per heavy atom. The number of primary amides is 1. The molecule has 6 heteroatoms. The summed E-state index contributed by atoms with van der Waals surface area (Å²) in [5, 5.41) is 6.31. The van der Waals surface area contributed by atoms with Gasteiger partial charge in [0.15, 0.2) is 0 Å². The lowest BCUT2D eigenvalue weighted by molar-refractivity contribution is -0.122. The first-order valence-corrected chi connectivity index (χ1v) is 8.77. The van der Waals surface area contributed by atoms with E-state index < -0.39 is 0 Å². The second-order valence-corrected chi connectivity index (χ2v) is 6.74. The van der Waals surface area contributed by atoms with Crippen LogP contribution in [0.4, 0.5) is 5.69 Å². The van der Waals surface area contributed by atoms with Crippen molar-refractivity contribution in [2.24, 2.45) is 11.7 Å². The first-order chi connectivity index (χ1) is 11.6. The van der Waals surface area contributed by atoms with E-state index in [0.29, 0.717) is 6.54 Å². The molecule has 0 saturated carbocycles. The van der Waals surface area contributed by atoms with Crippen LogP contribution >= 0.6 is 0 Å². The molecule has 2 aliphatic heterocycles. The molecule has 1 aromatic rings. The summed E-state index contributed by atoms with van der Waals surface area (Å²) in [6, 6.07) is 7.71. The van der Waals surface area contributed by atoms with Crippen LogP contribution in [0.5, 0.6) is 0 Å². The Kier molecular flexibility index (Phi) is 5.48. The SMILES string of the molecule is NC(=O)C1CCCN1Cc1cccc(NC(=O)C2CCNCC2)c1. The van der Waals surface area contributed by atoms with Crippen LogP contribution in [0.2, 0.25) is 0 Å². The van der Waals surface area contributed by atoms with Crippen LogP contribution in [0.25, 0.3) is 0 Å². The highest BCUT2D eigenvalue weighted by Gasteiger charge is 2.28. The molecule has 1 unspecified atom stereocenters. The number of carbonyl (C=O) groups is 2. The van der Waals surface area contributed by atoms with Gasteiger partial charge in [-0.05, 0) is 63.0 Å². The van der Waals surface area contributed by atoms with Crippen molar-refractivity contribution < 1.29 is 9.59 Å². The highest BCUT2D eigenvalue weighted by molar-refractivity contribution is 5.92. The van der Waals surface area contributed by atoms with E-state index >= 15 is 0 Å². The Bertz CT molecular complexity index is 598. The molecule has 6 nitrogen and oxygen atoms in total. The van der Waals surface area contributed by atoms with Crippen LogP contribution in [0.3, 0.4) is 0 Å². The Hall–Kier alpha value is -1.92. The van der Waals surface area contributed by atoms with Gasteiger partial charge in [-0.1, -0.05) is 12.1 Å². The number of nitrogens with two attached hydrogens (primary N) is 1. The van der Waals surface area contributed by atoms with Gasteiger partial charge in [-0.25, -0.2) is 0 Å². The van der Waals surface area contributed by atoms with Crippen molar-refractivity contribution in [3.63, 3.8) is 0 Å². The summed E-state index contributed by atoms with van der Waals surface area (Å²) < 4.78 is 0.